The zero-order chi connectivity index (χ0) is 14.7. The summed E-state index contributed by atoms with van der Waals surface area (Å²) in [6.45, 7) is 2.05. The largest absolute Gasteiger partial charge is 0.439 e. The van der Waals surface area contributed by atoms with Gasteiger partial charge in [-0.3, -0.25) is 14.4 Å². The maximum atomic E-state index is 11.8. The van der Waals surface area contributed by atoms with Gasteiger partial charge in [-0.05, 0) is 12.8 Å². The molecule has 110 valence electrons. The second kappa shape index (κ2) is 5.89. The molecule has 8 heteroatoms. The van der Waals surface area contributed by atoms with Gasteiger partial charge in [-0.1, -0.05) is 0 Å². The smallest absolute Gasteiger partial charge is 0.417 e. The van der Waals surface area contributed by atoms with E-state index in [9.17, 15) is 19.2 Å². The zero-order valence-electron chi connectivity index (χ0n) is 11.3. The van der Waals surface area contributed by atoms with Crippen LogP contribution in [-0.4, -0.2) is 65.9 Å². The first-order chi connectivity index (χ1) is 9.49. The Bertz CT molecular complexity index is 426. The van der Waals surface area contributed by atoms with Crippen molar-refractivity contribution in [2.24, 2.45) is 0 Å². The summed E-state index contributed by atoms with van der Waals surface area (Å²) in [4.78, 5) is 48.3. The fraction of sp³-hybridized carbons (Fsp3) is 0.667. The molecule has 0 spiro atoms. The highest BCUT2D eigenvalue weighted by Crippen LogP contribution is 2.20. The molecular formula is C12H17N3O5. The number of cyclic esters (lactones) is 1. The Balaban J connectivity index is 1.83. The van der Waals surface area contributed by atoms with E-state index in [1.54, 1.807) is 4.90 Å². The van der Waals surface area contributed by atoms with Crippen LogP contribution in [0.25, 0.3) is 0 Å². The van der Waals surface area contributed by atoms with Gasteiger partial charge in [0.25, 0.3) is 5.91 Å². The molecule has 20 heavy (non-hydrogen) atoms. The minimum atomic E-state index is -0.599. The van der Waals surface area contributed by atoms with E-state index >= 15 is 0 Å². The highest BCUT2D eigenvalue weighted by molar-refractivity contribution is 5.98. The molecule has 0 aromatic rings. The van der Waals surface area contributed by atoms with E-state index in [0.29, 0.717) is 25.9 Å². The molecule has 0 aromatic heterocycles. The average molecular weight is 283 g/mol. The van der Waals surface area contributed by atoms with Crippen LogP contribution in [0, 0.1) is 0 Å². The summed E-state index contributed by atoms with van der Waals surface area (Å²) >= 11 is 0. The summed E-state index contributed by atoms with van der Waals surface area (Å²) in [5, 5.41) is 2.45. The van der Waals surface area contributed by atoms with Crippen LogP contribution in [0.2, 0.25) is 0 Å². The number of carbonyl (C=O) groups excluding carboxylic acids is 4. The second-order valence-electron chi connectivity index (χ2n) is 4.84. The van der Waals surface area contributed by atoms with E-state index in [-0.39, 0.29) is 36.9 Å². The molecule has 4 amide bonds. The third-order valence-corrected chi connectivity index (χ3v) is 3.46. The molecule has 2 fully saturated rings. The Kier molecular flexibility index (Phi) is 4.21. The molecule has 0 bridgehead atoms. The monoisotopic (exact) mass is 283 g/mol. The maximum Gasteiger partial charge on any atom is 0.417 e. The number of amides is 4. The number of nitrogens with one attached hydrogen (secondary N) is 1. The van der Waals surface area contributed by atoms with Crippen LogP contribution in [-0.2, 0) is 19.1 Å². The molecule has 0 radical (unpaired) electrons. The van der Waals surface area contributed by atoms with E-state index in [0.717, 1.165) is 4.90 Å². The predicted octanol–water partition coefficient (Wildman–Crippen LogP) is -0.908. The molecule has 0 aliphatic carbocycles. The fourth-order valence-corrected chi connectivity index (χ4v) is 2.40. The molecular weight excluding hydrogens is 266 g/mol. The van der Waals surface area contributed by atoms with Gasteiger partial charge in [-0.2, -0.15) is 0 Å². The molecule has 0 aromatic carbocycles. The first-order valence-electron chi connectivity index (χ1n) is 6.50. The van der Waals surface area contributed by atoms with Crippen LogP contribution < -0.4 is 5.32 Å². The van der Waals surface area contributed by atoms with Crippen molar-refractivity contribution in [1.29, 1.82) is 0 Å². The standard InChI is InChI=1S/C12H17N3O5/c1-8(16)13-6-10(17)14-4-2-9(3-5-14)15-11(18)7-20-12(15)19/h9H,2-7H2,1H3,(H,13,16). The maximum absolute atomic E-state index is 11.8. The summed E-state index contributed by atoms with van der Waals surface area (Å²) in [6, 6.07) is -0.206. The number of imide groups is 1. The lowest BCUT2D eigenvalue weighted by Gasteiger charge is -2.34. The van der Waals surface area contributed by atoms with E-state index in [1.807, 2.05) is 0 Å². The first kappa shape index (κ1) is 14.3. The molecule has 2 aliphatic rings. The van der Waals surface area contributed by atoms with Crippen molar-refractivity contribution in [2.45, 2.75) is 25.8 Å². The van der Waals surface area contributed by atoms with Crippen molar-refractivity contribution in [3.63, 3.8) is 0 Å². The first-order valence-corrected chi connectivity index (χ1v) is 6.50. The molecule has 0 saturated carbocycles. The minimum Gasteiger partial charge on any atom is -0.439 e. The van der Waals surface area contributed by atoms with E-state index in [2.05, 4.69) is 10.1 Å². The highest BCUT2D eigenvalue weighted by Gasteiger charge is 2.38. The number of likely N-dealkylation sites (tertiary alicyclic amines) is 1. The van der Waals surface area contributed by atoms with Crippen LogP contribution in [0.4, 0.5) is 4.79 Å². The summed E-state index contributed by atoms with van der Waals surface area (Å²) in [5.74, 6) is -0.731. The number of ether oxygens (including phenoxy) is 1. The summed E-state index contributed by atoms with van der Waals surface area (Å²) in [7, 11) is 0. The van der Waals surface area contributed by atoms with Gasteiger partial charge in [0, 0.05) is 26.1 Å². The van der Waals surface area contributed by atoms with Crippen LogP contribution in [0.15, 0.2) is 0 Å². The number of rotatable bonds is 3. The van der Waals surface area contributed by atoms with Crippen LogP contribution in [0.5, 0.6) is 0 Å². The molecule has 8 nitrogen and oxygen atoms in total. The predicted molar refractivity (Wildman–Crippen MR) is 66.5 cm³/mol. The van der Waals surface area contributed by atoms with Gasteiger partial charge in [0.05, 0.1) is 6.54 Å². The molecule has 2 saturated heterocycles. The van der Waals surface area contributed by atoms with Gasteiger partial charge in [0.1, 0.15) is 0 Å². The molecule has 0 atom stereocenters. The Morgan fingerprint density at radius 3 is 2.45 bits per heavy atom. The van der Waals surface area contributed by atoms with Gasteiger partial charge < -0.3 is 15.0 Å². The highest BCUT2D eigenvalue weighted by atomic mass is 16.6. The third-order valence-electron chi connectivity index (χ3n) is 3.46. The summed E-state index contributed by atoms with van der Waals surface area (Å²) < 4.78 is 4.68. The number of nitrogens with zero attached hydrogens (tertiary/aromatic N) is 2. The van der Waals surface area contributed by atoms with Crippen molar-refractivity contribution >= 4 is 23.8 Å². The lowest BCUT2D eigenvalue weighted by Crippen LogP contribution is -2.50. The van der Waals surface area contributed by atoms with Gasteiger partial charge in [0.2, 0.25) is 11.8 Å². The van der Waals surface area contributed by atoms with Crippen molar-refractivity contribution in [3.05, 3.63) is 0 Å². The van der Waals surface area contributed by atoms with Crippen LogP contribution in [0.1, 0.15) is 19.8 Å². The number of hydrogen-bond acceptors (Lipinski definition) is 5. The zero-order valence-corrected chi connectivity index (χ0v) is 11.3. The van der Waals surface area contributed by atoms with E-state index in [1.165, 1.54) is 6.92 Å². The van der Waals surface area contributed by atoms with Gasteiger partial charge in [-0.15, -0.1) is 0 Å². The van der Waals surface area contributed by atoms with Crippen molar-refractivity contribution in [3.8, 4) is 0 Å². The van der Waals surface area contributed by atoms with Gasteiger partial charge in [0.15, 0.2) is 6.61 Å². The molecule has 2 rings (SSSR count). The Labute approximate surface area is 116 Å². The quantitative estimate of drug-likeness (QED) is 0.723. The van der Waals surface area contributed by atoms with Crippen LogP contribution >= 0.6 is 0 Å². The third kappa shape index (κ3) is 3.06. The van der Waals surface area contributed by atoms with Crippen molar-refractivity contribution in [1.82, 2.24) is 15.1 Å². The summed E-state index contributed by atoms with van der Waals surface area (Å²) in [5.41, 5.74) is 0. The van der Waals surface area contributed by atoms with Crippen molar-refractivity contribution in [2.75, 3.05) is 26.2 Å². The van der Waals surface area contributed by atoms with Crippen LogP contribution in [0.3, 0.4) is 0 Å². The van der Waals surface area contributed by atoms with Crippen molar-refractivity contribution < 1.29 is 23.9 Å². The average Bonchev–Trinajstić information content (AvgIpc) is 2.76. The lowest BCUT2D eigenvalue weighted by atomic mass is 10.0. The van der Waals surface area contributed by atoms with E-state index in [4.69, 9.17) is 0 Å². The molecule has 0 unspecified atom stereocenters. The summed E-state index contributed by atoms with van der Waals surface area (Å²) in [6.07, 6.45) is 0.470. The minimum absolute atomic E-state index is 0.0231. The SMILES string of the molecule is CC(=O)NCC(=O)N1CCC(N2C(=O)COC2=O)CC1. The fourth-order valence-electron chi connectivity index (χ4n) is 2.40. The van der Waals surface area contributed by atoms with Gasteiger partial charge >= 0.3 is 6.09 Å². The molecule has 2 aliphatic heterocycles. The molecule has 2 heterocycles. The van der Waals surface area contributed by atoms with Gasteiger partial charge in [-0.25, -0.2) is 9.69 Å². The number of carbonyl (C=O) groups is 4. The molecule has 1 N–H and O–H groups in total. The Morgan fingerprint density at radius 2 is 1.95 bits per heavy atom. The second-order valence-corrected chi connectivity index (χ2v) is 4.84. The normalized spacial score (nSPS) is 20.1. The topological polar surface area (TPSA) is 96.0 Å². The number of hydrogen-bond donors (Lipinski definition) is 1. The number of piperidine rings is 1. The lowest BCUT2D eigenvalue weighted by molar-refractivity contribution is -0.134. The van der Waals surface area contributed by atoms with E-state index < -0.39 is 6.09 Å². The Hall–Kier alpha value is -2.12. The Morgan fingerprint density at radius 1 is 1.30 bits per heavy atom.